The average molecular weight is 441 g/mol. The minimum absolute atomic E-state index is 0.0165. The lowest BCUT2D eigenvalue weighted by molar-refractivity contribution is -0.382. The fraction of sp³-hybridized carbons (Fsp3) is 0.524. The highest BCUT2D eigenvalue weighted by Gasteiger charge is 2.42. The van der Waals surface area contributed by atoms with Gasteiger partial charge in [-0.05, 0) is 44.2 Å². The van der Waals surface area contributed by atoms with Crippen LogP contribution in [0.15, 0.2) is 30.5 Å². The number of carbonyl (C=O) groups excluding carboxylic acids is 2. The molecule has 1 aliphatic heterocycles. The summed E-state index contributed by atoms with van der Waals surface area (Å²) in [7, 11) is 0. The first-order valence-corrected chi connectivity index (χ1v) is 10.4. The summed E-state index contributed by atoms with van der Waals surface area (Å²) in [6.07, 6.45) is 2.86. The van der Waals surface area contributed by atoms with E-state index in [9.17, 15) is 14.0 Å². The molecule has 3 rings (SSSR count). The molecular formula is C21H26ClFN2O5. The number of rotatable bonds is 9. The second kappa shape index (κ2) is 10.2. The van der Waals surface area contributed by atoms with Crippen molar-refractivity contribution in [1.82, 2.24) is 10.6 Å². The Morgan fingerprint density at radius 1 is 1.33 bits per heavy atom. The number of benzene rings is 1. The van der Waals surface area contributed by atoms with Gasteiger partial charge in [0, 0.05) is 24.7 Å². The van der Waals surface area contributed by atoms with Gasteiger partial charge in [0.2, 0.25) is 5.91 Å². The van der Waals surface area contributed by atoms with Crippen molar-refractivity contribution in [2.45, 2.75) is 44.8 Å². The van der Waals surface area contributed by atoms with Crippen LogP contribution in [0.4, 0.5) is 4.39 Å². The van der Waals surface area contributed by atoms with Crippen molar-refractivity contribution in [2.24, 2.45) is 11.8 Å². The molecule has 0 radical (unpaired) electrons. The fourth-order valence-corrected chi connectivity index (χ4v) is 3.33. The molecule has 1 aromatic carbocycles. The molecule has 0 aromatic heterocycles. The number of halogens is 2. The molecular weight excluding hydrogens is 415 g/mol. The van der Waals surface area contributed by atoms with E-state index in [1.807, 2.05) is 6.92 Å². The molecule has 164 valence electrons. The zero-order valence-electron chi connectivity index (χ0n) is 16.8. The Labute approximate surface area is 179 Å². The second-order valence-electron chi connectivity index (χ2n) is 7.67. The van der Waals surface area contributed by atoms with Crippen LogP contribution in [-0.2, 0) is 19.4 Å². The molecule has 2 N–H and O–H groups in total. The van der Waals surface area contributed by atoms with Gasteiger partial charge in [-0.1, -0.05) is 18.2 Å². The summed E-state index contributed by atoms with van der Waals surface area (Å²) in [6.45, 7) is 5.67. The van der Waals surface area contributed by atoms with Crippen LogP contribution >= 0.6 is 11.6 Å². The molecule has 3 atom stereocenters. The van der Waals surface area contributed by atoms with Crippen LogP contribution in [0.5, 0.6) is 5.75 Å². The fourth-order valence-electron chi connectivity index (χ4n) is 3.22. The number of hydrogen-bond donors (Lipinski definition) is 2. The lowest BCUT2D eigenvalue weighted by atomic mass is 9.92. The van der Waals surface area contributed by atoms with E-state index in [4.69, 9.17) is 26.1 Å². The first-order chi connectivity index (χ1) is 14.3. The maximum atomic E-state index is 13.4. The van der Waals surface area contributed by atoms with Gasteiger partial charge in [0.15, 0.2) is 6.61 Å². The highest BCUT2D eigenvalue weighted by atomic mass is 35.5. The van der Waals surface area contributed by atoms with E-state index in [1.165, 1.54) is 12.1 Å². The van der Waals surface area contributed by atoms with E-state index in [-0.39, 0.29) is 53.9 Å². The van der Waals surface area contributed by atoms with Gasteiger partial charge in [-0.2, -0.15) is 0 Å². The smallest absolute Gasteiger partial charge is 0.257 e. The molecule has 2 fully saturated rings. The predicted molar refractivity (Wildman–Crippen MR) is 108 cm³/mol. The van der Waals surface area contributed by atoms with Crippen LogP contribution in [0.1, 0.15) is 32.6 Å². The van der Waals surface area contributed by atoms with Gasteiger partial charge in [0.25, 0.3) is 5.91 Å². The molecule has 2 amide bonds. The largest absolute Gasteiger partial charge is 0.484 e. The Kier molecular flexibility index (Phi) is 7.69. The quantitative estimate of drug-likeness (QED) is 0.576. The first kappa shape index (κ1) is 22.5. The van der Waals surface area contributed by atoms with Crippen LogP contribution in [0, 0.1) is 17.7 Å². The zero-order valence-corrected chi connectivity index (χ0v) is 17.5. The molecule has 1 aromatic rings. The SMILES string of the molecule is C=C(CCNC(=O)COc1ccc(Cl)c(F)c1)NC(=O)C1CC(C2CC2)OOC1C. The minimum Gasteiger partial charge on any atom is -0.484 e. The average Bonchev–Trinajstić information content (AvgIpc) is 3.54. The van der Waals surface area contributed by atoms with Crippen molar-refractivity contribution in [2.75, 3.05) is 13.2 Å². The summed E-state index contributed by atoms with van der Waals surface area (Å²) in [5, 5.41) is 5.44. The standard InChI is InChI=1S/C21H26ClFN2O5/c1-12(25-21(27)16-10-19(14-3-4-14)30-29-13(16)2)7-8-24-20(26)11-28-15-5-6-17(22)18(23)9-15/h5-6,9,13-14,16,19H,1,3-4,7-8,10-11H2,2H3,(H,24,26)(H,25,27). The highest BCUT2D eigenvalue weighted by molar-refractivity contribution is 6.30. The molecule has 1 saturated carbocycles. The van der Waals surface area contributed by atoms with Crippen molar-refractivity contribution in [3.05, 3.63) is 41.3 Å². The Morgan fingerprint density at radius 2 is 2.10 bits per heavy atom. The Hall–Kier alpha value is -2.16. The Morgan fingerprint density at radius 3 is 2.80 bits per heavy atom. The van der Waals surface area contributed by atoms with Gasteiger partial charge in [-0.3, -0.25) is 9.59 Å². The van der Waals surface area contributed by atoms with Crippen LogP contribution in [0.25, 0.3) is 0 Å². The third kappa shape index (κ3) is 6.42. The van der Waals surface area contributed by atoms with E-state index in [0.717, 1.165) is 18.9 Å². The number of carbonyl (C=O) groups is 2. The highest BCUT2D eigenvalue weighted by Crippen LogP contribution is 2.40. The van der Waals surface area contributed by atoms with E-state index in [1.54, 1.807) is 0 Å². The lowest BCUT2D eigenvalue weighted by Crippen LogP contribution is -2.44. The predicted octanol–water partition coefficient (Wildman–Crippen LogP) is 3.13. The van der Waals surface area contributed by atoms with Crippen LogP contribution in [-0.4, -0.2) is 37.2 Å². The molecule has 1 saturated heterocycles. The Balaban J connectivity index is 1.34. The molecule has 1 heterocycles. The summed E-state index contributed by atoms with van der Waals surface area (Å²) in [4.78, 5) is 35.1. The van der Waals surface area contributed by atoms with E-state index in [2.05, 4.69) is 17.2 Å². The van der Waals surface area contributed by atoms with Crippen molar-refractivity contribution in [1.29, 1.82) is 0 Å². The van der Waals surface area contributed by atoms with Gasteiger partial charge in [0.1, 0.15) is 17.7 Å². The van der Waals surface area contributed by atoms with Crippen LogP contribution in [0.2, 0.25) is 5.02 Å². The topological polar surface area (TPSA) is 85.9 Å². The number of ether oxygens (including phenoxy) is 1. The third-order valence-electron chi connectivity index (χ3n) is 5.18. The molecule has 30 heavy (non-hydrogen) atoms. The Bertz CT molecular complexity index is 802. The molecule has 1 aliphatic carbocycles. The van der Waals surface area contributed by atoms with Crippen LogP contribution in [0.3, 0.4) is 0 Å². The van der Waals surface area contributed by atoms with Crippen molar-refractivity contribution < 1.29 is 28.5 Å². The molecule has 0 bridgehead atoms. The summed E-state index contributed by atoms with van der Waals surface area (Å²) in [6, 6.07) is 3.95. The van der Waals surface area contributed by atoms with Crippen molar-refractivity contribution >= 4 is 23.4 Å². The molecule has 0 spiro atoms. The molecule has 7 nitrogen and oxygen atoms in total. The van der Waals surface area contributed by atoms with Crippen molar-refractivity contribution in [3.63, 3.8) is 0 Å². The van der Waals surface area contributed by atoms with E-state index < -0.39 is 5.82 Å². The number of hydrogen-bond acceptors (Lipinski definition) is 5. The van der Waals surface area contributed by atoms with Gasteiger partial charge in [-0.15, -0.1) is 0 Å². The summed E-state index contributed by atoms with van der Waals surface area (Å²) in [5.41, 5.74) is 0.502. The van der Waals surface area contributed by atoms with Gasteiger partial charge >= 0.3 is 0 Å². The third-order valence-corrected chi connectivity index (χ3v) is 5.48. The first-order valence-electron chi connectivity index (χ1n) is 9.99. The lowest BCUT2D eigenvalue weighted by Gasteiger charge is -2.32. The van der Waals surface area contributed by atoms with Gasteiger partial charge < -0.3 is 15.4 Å². The molecule has 2 aliphatic rings. The van der Waals surface area contributed by atoms with E-state index >= 15 is 0 Å². The maximum Gasteiger partial charge on any atom is 0.257 e. The summed E-state index contributed by atoms with van der Waals surface area (Å²) >= 11 is 5.60. The second-order valence-corrected chi connectivity index (χ2v) is 8.08. The molecule has 9 heteroatoms. The zero-order chi connectivity index (χ0) is 21.7. The number of nitrogens with one attached hydrogen (secondary N) is 2. The van der Waals surface area contributed by atoms with Gasteiger partial charge in [0.05, 0.1) is 17.0 Å². The molecule has 3 unspecified atom stereocenters. The summed E-state index contributed by atoms with van der Waals surface area (Å²) < 4.78 is 18.6. The summed E-state index contributed by atoms with van der Waals surface area (Å²) in [5.74, 6) is -0.749. The van der Waals surface area contributed by atoms with E-state index in [0.29, 0.717) is 24.5 Å². The minimum atomic E-state index is -0.616. The monoisotopic (exact) mass is 440 g/mol. The van der Waals surface area contributed by atoms with Gasteiger partial charge in [-0.25, -0.2) is 14.2 Å². The number of amides is 2. The maximum absolute atomic E-state index is 13.4. The van der Waals surface area contributed by atoms with Crippen molar-refractivity contribution in [3.8, 4) is 5.75 Å². The van der Waals surface area contributed by atoms with Crippen LogP contribution < -0.4 is 15.4 Å². The normalized spacial score (nSPS) is 23.5.